The van der Waals surface area contributed by atoms with E-state index in [0.717, 1.165) is 19.4 Å². The number of carbonyl (C=O) groups excluding carboxylic acids is 1. The van der Waals surface area contributed by atoms with Crippen LogP contribution in [-0.4, -0.2) is 23.9 Å². The summed E-state index contributed by atoms with van der Waals surface area (Å²) in [5, 5.41) is 8.97. The molecule has 0 bridgehead atoms. The number of nitriles is 1. The van der Waals surface area contributed by atoms with E-state index in [1.165, 1.54) is 16.7 Å². The highest BCUT2D eigenvalue weighted by molar-refractivity contribution is 5.77. The Kier molecular flexibility index (Phi) is 4.21. The summed E-state index contributed by atoms with van der Waals surface area (Å²) in [7, 11) is 0. The average Bonchev–Trinajstić information content (AvgIpc) is 2.39. The van der Waals surface area contributed by atoms with Gasteiger partial charge in [-0.2, -0.15) is 5.26 Å². The van der Waals surface area contributed by atoms with Crippen molar-refractivity contribution in [1.29, 1.82) is 5.26 Å². The lowest BCUT2D eigenvalue weighted by atomic mass is 9.98. The first-order chi connectivity index (χ1) is 9.10. The van der Waals surface area contributed by atoms with Gasteiger partial charge in [0.25, 0.3) is 0 Å². The van der Waals surface area contributed by atoms with Crippen LogP contribution in [0.2, 0.25) is 0 Å². The Hall–Kier alpha value is -1.82. The number of aryl methyl sites for hydroxylation is 2. The van der Waals surface area contributed by atoms with E-state index in [1.807, 2.05) is 4.90 Å². The van der Waals surface area contributed by atoms with Crippen molar-refractivity contribution >= 4 is 5.91 Å². The molecule has 1 unspecified atom stereocenters. The first-order valence-electron chi connectivity index (χ1n) is 6.83. The van der Waals surface area contributed by atoms with E-state index < -0.39 is 0 Å². The molecule has 1 saturated heterocycles. The molecule has 1 aromatic rings. The van der Waals surface area contributed by atoms with Crippen LogP contribution in [0.25, 0.3) is 0 Å². The van der Waals surface area contributed by atoms with Crippen molar-refractivity contribution in [2.75, 3.05) is 13.1 Å². The maximum absolute atomic E-state index is 11.8. The van der Waals surface area contributed by atoms with Crippen molar-refractivity contribution in [3.05, 3.63) is 34.9 Å². The number of piperidine rings is 1. The second-order valence-electron chi connectivity index (χ2n) is 5.38. The smallest absolute Gasteiger partial charge is 0.222 e. The molecule has 0 spiro atoms. The number of hydrogen-bond acceptors (Lipinski definition) is 2. The minimum atomic E-state index is 0.0109. The Morgan fingerprint density at radius 1 is 1.42 bits per heavy atom. The van der Waals surface area contributed by atoms with Gasteiger partial charge in [-0.05, 0) is 37.8 Å². The van der Waals surface area contributed by atoms with Gasteiger partial charge in [-0.25, -0.2) is 0 Å². The first-order valence-corrected chi connectivity index (χ1v) is 6.83. The van der Waals surface area contributed by atoms with Gasteiger partial charge in [-0.1, -0.05) is 23.8 Å². The van der Waals surface area contributed by atoms with Crippen molar-refractivity contribution in [1.82, 2.24) is 4.90 Å². The van der Waals surface area contributed by atoms with Crippen LogP contribution in [0.4, 0.5) is 0 Å². The first kappa shape index (κ1) is 13.6. The van der Waals surface area contributed by atoms with Gasteiger partial charge >= 0.3 is 0 Å². The zero-order chi connectivity index (χ0) is 13.8. The SMILES string of the molecule is Cc1ccc(CCN2CC(C#N)CCC2=O)c(C)c1. The summed E-state index contributed by atoms with van der Waals surface area (Å²) in [4.78, 5) is 13.7. The van der Waals surface area contributed by atoms with E-state index in [4.69, 9.17) is 5.26 Å². The van der Waals surface area contributed by atoms with Crippen LogP contribution in [0.5, 0.6) is 0 Å². The third kappa shape index (κ3) is 3.35. The average molecular weight is 256 g/mol. The predicted octanol–water partition coefficient (Wildman–Crippen LogP) is 2.61. The number of hydrogen-bond donors (Lipinski definition) is 0. The predicted molar refractivity (Wildman–Crippen MR) is 74.5 cm³/mol. The molecule has 1 fully saturated rings. The number of rotatable bonds is 3. The summed E-state index contributed by atoms with van der Waals surface area (Å²) < 4.78 is 0. The molecule has 1 aliphatic rings. The monoisotopic (exact) mass is 256 g/mol. The van der Waals surface area contributed by atoms with Crippen molar-refractivity contribution in [2.24, 2.45) is 5.92 Å². The van der Waals surface area contributed by atoms with E-state index in [0.29, 0.717) is 13.0 Å². The second-order valence-corrected chi connectivity index (χ2v) is 5.38. The molecular formula is C16H20N2O. The van der Waals surface area contributed by atoms with E-state index >= 15 is 0 Å². The summed E-state index contributed by atoms with van der Waals surface area (Å²) in [5.74, 6) is 0.202. The zero-order valence-electron chi connectivity index (χ0n) is 11.6. The van der Waals surface area contributed by atoms with Gasteiger partial charge in [0.1, 0.15) is 0 Å². The van der Waals surface area contributed by atoms with E-state index in [2.05, 4.69) is 38.1 Å². The maximum atomic E-state index is 11.8. The summed E-state index contributed by atoms with van der Waals surface area (Å²) in [6.07, 6.45) is 2.11. The van der Waals surface area contributed by atoms with E-state index in [1.54, 1.807) is 0 Å². The van der Waals surface area contributed by atoms with Crippen LogP contribution in [0.3, 0.4) is 0 Å². The minimum absolute atomic E-state index is 0.0109. The van der Waals surface area contributed by atoms with Gasteiger partial charge in [0.05, 0.1) is 12.0 Å². The molecule has 0 aromatic heterocycles. The molecule has 2 rings (SSSR count). The van der Waals surface area contributed by atoms with Gasteiger partial charge in [0.15, 0.2) is 0 Å². The van der Waals surface area contributed by atoms with Crippen LogP contribution < -0.4 is 0 Å². The molecule has 1 aliphatic heterocycles. The lowest BCUT2D eigenvalue weighted by Gasteiger charge is -2.29. The van der Waals surface area contributed by atoms with Crippen molar-refractivity contribution < 1.29 is 4.79 Å². The molecule has 3 heteroatoms. The van der Waals surface area contributed by atoms with Gasteiger partial charge < -0.3 is 4.90 Å². The minimum Gasteiger partial charge on any atom is -0.341 e. The quantitative estimate of drug-likeness (QED) is 0.834. The molecule has 0 aliphatic carbocycles. The lowest BCUT2D eigenvalue weighted by Crippen LogP contribution is -2.40. The number of carbonyl (C=O) groups is 1. The molecular weight excluding hydrogens is 236 g/mol. The van der Waals surface area contributed by atoms with Gasteiger partial charge in [0, 0.05) is 19.5 Å². The molecule has 1 amide bonds. The highest BCUT2D eigenvalue weighted by Gasteiger charge is 2.24. The molecule has 0 N–H and O–H groups in total. The third-order valence-electron chi connectivity index (χ3n) is 3.83. The van der Waals surface area contributed by atoms with Gasteiger partial charge in [0.2, 0.25) is 5.91 Å². The lowest BCUT2D eigenvalue weighted by molar-refractivity contribution is -0.134. The van der Waals surface area contributed by atoms with Crippen LogP contribution >= 0.6 is 0 Å². The molecule has 0 saturated carbocycles. The second kappa shape index (κ2) is 5.88. The van der Waals surface area contributed by atoms with Crippen LogP contribution in [0.1, 0.15) is 29.5 Å². The normalized spacial score (nSPS) is 19.3. The Bertz CT molecular complexity index is 516. The van der Waals surface area contributed by atoms with Gasteiger partial charge in [-0.3, -0.25) is 4.79 Å². The Labute approximate surface area is 114 Å². The van der Waals surface area contributed by atoms with Crippen molar-refractivity contribution in [3.63, 3.8) is 0 Å². The molecule has 0 radical (unpaired) electrons. The van der Waals surface area contributed by atoms with Crippen LogP contribution in [0.15, 0.2) is 18.2 Å². The highest BCUT2D eigenvalue weighted by atomic mass is 16.2. The van der Waals surface area contributed by atoms with Crippen LogP contribution in [0, 0.1) is 31.1 Å². The Morgan fingerprint density at radius 2 is 2.21 bits per heavy atom. The number of benzene rings is 1. The summed E-state index contributed by atoms with van der Waals surface area (Å²) in [6.45, 7) is 5.52. The van der Waals surface area contributed by atoms with E-state index in [-0.39, 0.29) is 11.8 Å². The third-order valence-corrected chi connectivity index (χ3v) is 3.83. The summed E-state index contributed by atoms with van der Waals surface area (Å²) in [5.41, 5.74) is 3.83. The molecule has 1 heterocycles. The largest absolute Gasteiger partial charge is 0.341 e. The molecule has 1 atom stereocenters. The Balaban J connectivity index is 1.97. The fourth-order valence-electron chi connectivity index (χ4n) is 2.62. The zero-order valence-corrected chi connectivity index (χ0v) is 11.6. The maximum Gasteiger partial charge on any atom is 0.222 e. The summed E-state index contributed by atoms with van der Waals surface area (Å²) in [6, 6.07) is 8.70. The number of likely N-dealkylation sites (tertiary alicyclic amines) is 1. The van der Waals surface area contributed by atoms with E-state index in [9.17, 15) is 4.79 Å². The standard InChI is InChI=1S/C16H20N2O/c1-12-3-5-15(13(2)9-12)7-8-18-11-14(10-17)4-6-16(18)19/h3,5,9,14H,4,6-8,11H2,1-2H3. The molecule has 1 aromatic carbocycles. The summed E-state index contributed by atoms with van der Waals surface area (Å²) >= 11 is 0. The van der Waals surface area contributed by atoms with Crippen molar-refractivity contribution in [2.45, 2.75) is 33.1 Å². The Morgan fingerprint density at radius 3 is 2.89 bits per heavy atom. The fraction of sp³-hybridized carbons (Fsp3) is 0.500. The van der Waals surface area contributed by atoms with Crippen molar-refractivity contribution in [3.8, 4) is 6.07 Å². The van der Waals surface area contributed by atoms with Gasteiger partial charge in [-0.15, -0.1) is 0 Å². The van der Waals surface area contributed by atoms with Crippen LogP contribution in [-0.2, 0) is 11.2 Å². The fourth-order valence-corrected chi connectivity index (χ4v) is 2.62. The topological polar surface area (TPSA) is 44.1 Å². The molecule has 100 valence electrons. The molecule has 19 heavy (non-hydrogen) atoms. The highest BCUT2D eigenvalue weighted by Crippen LogP contribution is 2.18. The molecule has 3 nitrogen and oxygen atoms in total. The number of amides is 1. The number of nitrogens with zero attached hydrogens (tertiary/aromatic N) is 2.